The summed E-state index contributed by atoms with van der Waals surface area (Å²) in [7, 11) is 0. The lowest BCUT2D eigenvalue weighted by Gasteiger charge is -2.50. The van der Waals surface area contributed by atoms with Crippen molar-refractivity contribution in [1.82, 2.24) is 10.2 Å². The molecule has 3 nitrogen and oxygen atoms in total. The van der Waals surface area contributed by atoms with Crippen molar-refractivity contribution in [2.24, 2.45) is 5.92 Å². The minimum atomic E-state index is 0.394. The van der Waals surface area contributed by atoms with Crippen LogP contribution in [0.4, 0.5) is 0 Å². The topological polar surface area (TPSA) is 24.5 Å². The van der Waals surface area contributed by atoms with Crippen molar-refractivity contribution in [2.45, 2.75) is 58.0 Å². The number of rotatable bonds is 4. The summed E-state index contributed by atoms with van der Waals surface area (Å²) in [5, 5.41) is 3.68. The van der Waals surface area contributed by atoms with Crippen LogP contribution in [0.2, 0.25) is 0 Å². The average Bonchev–Trinajstić information content (AvgIpc) is 2.41. The molecule has 0 saturated carbocycles. The molecule has 3 heteroatoms. The molecule has 2 saturated heterocycles. The van der Waals surface area contributed by atoms with Crippen molar-refractivity contribution in [3.8, 4) is 0 Å². The lowest BCUT2D eigenvalue weighted by atomic mass is 9.85. The molecule has 1 atom stereocenters. The zero-order valence-electron chi connectivity index (χ0n) is 12.4. The third kappa shape index (κ3) is 3.06. The van der Waals surface area contributed by atoms with Crippen LogP contribution in [0.15, 0.2) is 0 Å². The molecule has 18 heavy (non-hydrogen) atoms. The van der Waals surface area contributed by atoms with Crippen molar-refractivity contribution in [3.05, 3.63) is 0 Å². The summed E-state index contributed by atoms with van der Waals surface area (Å²) in [5.41, 5.74) is 0.394. The summed E-state index contributed by atoms with van der Waals surface area (Å²) >= 11 is 0. The molecule has 1 N–H and O–H groups in total. The van der Waals surface area contributed by atoms with Crippen molar-refractivity contribution in [2.75, 3.05) is 32.8 Å². The lowest BCUT2D eigenvalue weighted by Crippen LogP contribution is -2.64. The molecule has 0 radical (unpaired) electrons. The molecule has 106 valence electrons. The van der Waals surface area contributed by atoms with E-state index in [0.717, 1.165) is 25.7 Å². The minimum Gasteiger partial charge on any atom is -0.381 e. The van der Waals surface area contributed by atoms with Gasteiger partial charge >= 0.3 is 0 Å². The number of nitrogens with zero attached hydrogens (tertiary/aromatic N) is 1. The van der Waals surface area contributed by atoms with Gasteiger partial charge in [-0.05, 0) is 38.5 Å². The second-order valence-corrected chi connectivity index (χ2v) is 6.17. The van der Waals surface area contributed by atoms with Gasteiger partial charge in [0.25, 0.3) is 0 Å². The predicted octanol–water partition coefficient (Wildman–Crippen LogP) is 2.27. The molecular formula is C15H30N2O. The standard InChI is InChI=1S/C15H30N2O/c1-4-15(5-2)12-16-13(3)10-17(15)11-14-6-8-18-9-7-14/h13-14,16H,4-12H2,1-3H3. The van der Waals surface area contributed by atoms with Crippen molar-refractivity contribution >= 4 is 0 Å². The zero-order valence-corrected chi connectivity index (χ0v) is 12.4. The highest BCUT2D eigenvalue weighted by Gasteiger charge is 2.38. The summed E-state index contributed by atoms with van der Waals surface area (Å²) in [6.07, 6.45) is 5.02. The Bertz CT molecular complexity index is 247. The van der Waals surface area contributed by atoms with Crippen molar-refractivity contribution < 1.29 is 4.74 Å². The molecular weight excluding hydrogens is 224 g/mol. The van der Waals surface area contributed by atoms with E-state index in [-0.39, 0.29) is 0 Å². The maximum Gasteiger partial charge on any atom is 0.0469 e. The van der Waals surface area contributed by atoms with Gasteiger partial charge in [0.2, 0.25) is 0 Å². The van der Waals surface area contributed by atoms with Gasteiger partial charge in [0.15, 0.2) is 0 Å². The number of hydrogen-bond acceptors (Lipinski definition) is 3. The highest BCUT2D eigenvalue weighted by atomic mass is 16.5. The van der Waals surface area contributed by atoms with E-state index in [2.05, 4.69) is 31.0 Å². The fourth-order valence-electron chi connectivity index (χ4n) is 3.52. The quantitative estimate of drug-likeness (QED) is 0.833. The van der Waals surface area contributed by atoms with Gasteiger partial charge in [-0.3, -0.25) is 4.90 Å². The second kappa shape index (κ2) is 6.36. The lowest BCUT2D eigenvalue weighted by molar-refractivity contribution is -0.00435. The first kappa shape index (κ1) is 14.3. The molecule has 0 bridgehead atoms. The molecule has 2 rings (SSSR count). The van der Waals surface area contributed by atoms with E-state index in [1.54, 1.807) is 0 Å². The molecule has 0 amide bonds. The molecule has 0 spiro atoms. The number of nitrogens with one attached hydrogen (secondary N) is 1. The van der Waals surface area contributed by atoms with E-state index >= 15 is 0 Å². The number of piperazine rings is 1. The zero-order chi connectivity index (χ0) is 13.0. The monoisotopic (exact) mass is 254 g/mol. The van der Waals surface area contributed by atoms with Crippen LogP contribution in [0.1, 0.15) is 46.5 Å². The Balaban J connectivity index is 2.00. The highest BCUT2D eigenvalue weighted by Crippen LogP contribution is 2.29. The molecule has 1 unspecified atom stereocenters. The maximum absolute atomic E-state index is 5.48. The Kier molecular flexibility index (Phi) is 5.05. The van der Waals surface area contributed by atoms with Crippen LogP contribution < -0.4 is 5.32 Å². The highest BCUT2D eigenvalue weighted by molar-refractivity contribution is 4.97. The Morgan fingerprint density at radius 1 is 1.22 bits per heavy atom. The average molecular weight is 254 g/mol. The number of ether oxygens (including phenoxy) is 1. The molecule has 0 aromatic rings. The van der Waals surface area contributed by atoms with Crippen LogP contribution in [0, 0.1) is 5.92 Å². The summed E-state index contributed by atoms with van der Waals surface area (Å²) < 4.78 is 5.48. The van der Waals surface area contributed by atoms with Crippen LogP contribution >= 0.6 is 0 Å². The fourth-order valence-corrected chi connectivity index (χ4v) is 3.52. The Morgan fingerprint density at radius 3 is 2.50 bits per heavy atom. The summed E-state index contributed by atoms with van der Waals surface area (Å²) in [6, 6.07) is 0.635. The Hall–Kier alpha value is -0.120. The second-order valence-electron chi connectivity index (χ2n) is 6.17. The molecule has 0 aromatic heterocycles. The van der Waals surface area contributed by atoms with Gasteiger partial charge in [-0.2, -0.15) is 0 Å². The molecule has 2 fully saturated rings. The summed E-state index contributed by atoms with van der Waals surface area (Å²) in [4.78, 5) is 2.78. The van der Waals surface area contributed by atoms with Crippen molar-refractivity contribution in [1.29, 1.82) is 0 Å². The molecule has 2 heterocycles. The largest absolute Gasteiger partial charge is 0.381 e. The van der Waals surface area contributed by atoms with Gasteiger partial charge < -0.3 is 10.1 Å². The third-order valence-corrected chi connectivity index (χ3v) is 5.08. The van der Waals surface area contributed by atoms with E-state index < -0.39 is 0 Å². The number of hydrogen-bond donors (Lipinski definition) is 1. The Morgan fingerprint density at radius 2 is 1.89 bits per heavy atom. The predicted molar refractivity (Wildman–Crippen MR) is 75.9 cm³/mol. The van der Waals surface area contributed by atoms with E-state index in [1.807, 2.05) is 0 Å². The molecule has 2 aliphatic rings. The van der Waals surface area contributed by atoms with E-state index in [4.69, 9.17) is 4.74 Å². The van der Waals surface area contributed by atoms with Gasteiger partial charge in [0.05, 0.1) is 0 Å². The van der Waals surface area contributed by atoms with Gasteiger partial charge in [0.1, 0.15) is 0 Å². The SMILES string of the molecule is CCC1(CC)CNC(C)CN1CC1CCOCC1. The third-order valence-electron chi connectivity index (χ3n) is 5.08. The first-order valence-corrected chi connectivity index (χ1v) is 7.76. The van der Waals surface area contributed by atoms with Gasteiger partial charge in [0, 0.05) is 44.4 Å². The first-order chi connectivity index (χ1) is 8.70. The minimum absolute atomic E-state index is 0.394. The summed E-state index contributed by atoms with van der Waals surface area (Å²) in [6.45, 7) is 12.6. The van der Waals surface area contributed by atoms with Crippen LogP contribution in [-0.4, -0.2) is 49.3 Å². The normalized spacial score (nSPS) is 30.5. The van der Waals surface area contributed by atoms with E-state index in [0.29, 0.717) is 11.6 Å². The van der Waals surface area contributed by atoms with Crippen LogP contribution in [-0.2, 0) is 4.74 Å². The summed E-state index contributed by atoms with van der Waals surface area (Å²) in [5.74, 6) is 0.849. The van der Waals surface area contributed by atoms with Crippen molar-refractivity contribution in [3.63, 3.8) is 0 Å². The van der Waals surface area contributed by atoms with Crippen LogP contribution in [0.3, 0.4) is 0 Å². The van der Waals surface area contributed by atoms with Crippen LogP contribution in [0.25, 0.3) is 0 Å². The van der Waals surface area contributed by atoms with E-state index in [9.17, 15) is 0 Å². The van der Waals surface area contributed by atoms with Gasteiger partial charge in [-0.25, -0.2) is 0 Å². The first-order valence-electron chi connectivity index (χ1n) is 7.76. The Labute approximate surface area is 112 Å². The molecule has 0 aliphatic carbocycles. The fraction of sp³-hybridized carbons (Fsp3) is 1.00. The van der Waals surface area contributed by atoms with E-state index in [1.165, 1.54) is 38.8 Å². The maximum atomic E-state index is 5.48. The van der Waals surface area contributed by atoms with Gasteiger partial charge in [-0.1, -0.05) is 13.8 Å². The smallest absolute Gasteiger partial charge is 0.0469 e. The molecule has 0 aromatic carbocycles. The van der Waals surface area contributed by atoms with Gasteiger partial charge in [-0.15, -0.1) is 0 Å². The molecule has 2 aliphatic heterocycles. The van der Waals surface area contributed by atoms with Crippen LogP contribution in [0.5, 0.6) is 0 Å².